The molecule has 0 aliphatic carbocycles. The van der Waals surface area contributed by atoms with E-state index in [1.165, 1.54) is 19.2 Å². The number of nitrogens with zero attached hydrogens (tertiary/aromatic N) is 2. The van der Waals surface area contributed by atoms with Crippen LogP contribution in [0.4, 0.5) is 29.3 Å². The predicted molar refractivity (Wildman–Crippen MR) is 103 cm³/mol. The Labute approximate surface area is 170 Å². The molecule has 0 radical (unpaired) electrons. The van der Waals surface area contributed by atoms with E-state index in [2.05, 4.69) is 25.6 Å². The Hall–Kier alpha value is -3.56. The van der Waals surface area contributed by atoms with Crippen molar-refractivity contribution >= 4 is 17.5 Å². The number of methoxy groups -OCH3 is 1. The molecule has 0 aliphatic rings. The molecular formula is C20H19F3N4O3. The molecule has 7 nitrogen and oxygen atoms in total. The lowest BCUT2D eigenvalue weighted by atomic mass is 10.1. The fourth-order valence-electron chi connectivity index (χ4n) is 2.62. The maximum atomic E-state index is 12.8. The van der Waals surface area contributed by atoms with Crippen molar-refractivity contribution in [2.75, 3.05) is 12.4 Å². The number of anilines is 2. The number of nitrogens with one attached hydrogen (secondary N) is 2. The van der Waals surface area contributed by atoms with Crippen LogP contribution < -0.4 is 10.6 Å². The van der Waals surface area contributed by atoms with Gasteiger partial charge in [-0.1, -0.05) is 12.1 Å². The van der Waals surface area contributed by atoms with E-state index in [4.69, 9.17) is 4.42 Å². The quantitative estimate of drug-likeness (QED) is 0.598. The summed E-state index contributed by atoms with van der Waals surface area (Å²) in [5, 5.41) is 13.7. The SMILES string of the molecule is COC(=O)NC(C)(C)c1nnc(-c2ccccc2Nc2ccc(C(F)(F)F)cc2)o1. The number of halogens is 3. The maximum Gasteiger partial charge on any atom is 0.416 e. The van der Waals surface area contributed by atoms with E-state index in [-0.39, 0.29) is 11.8 Å². The van der Waals surface area contributed by atoms with E-state index in [0.717, 1.165) is 12.1 Å². The Kier molecular flexibility index (Phi) is 5.68. The Morgan fingerprint density at radius 3 is 2.33 bits per heavy atom. The number of alkyl carbamates (subject to hydrolysis) is 1. The molecule has 0 spiro atoms. The number of amides is 1. The van der Waals surface area contributed by atoms with Crippen LogP contribution in [0.5, 0.6) is 0 Å². The average molecular weight is 420 g/mol. The monoisotopic (exact) mass is 420 g/mol. The molecule has 10 heteroatoms. The molecule has 0 bridgehead atoms. The standard InChI is InChI=1S/C20H19F3N4O3/c1-19(2,25-18(28)29-3)17-27-26-16(30-17)14-6-4-5-7-15(14)24-13-10-8-12(9-11-13)20(21,22)23/h4-11,24H,1-3H3,(H,25,28). The molecular weight excluding hydrogens is 401 g/mol. The summed E-state index contributed by atoms with van der Waals surface area (Å²) in [6, 6.07) is 11.6. The molecule has 1 aromatic heterocycles. The summed E-state index contributed by atoms with van der Waals surface area (Å²) in [4.78, 5) is 11.5. The van der Waals surface area contributed by atoms with Crippen LogP contribution in [-0.2, 0) is 16.5 Å². The highest BCUT2D eigenvalue weighted by molar-refractivity contribution is 5.76. The van der Waals surface area contributed by atoms with Crippen molar-refractivity contribution in [1.29, 1.82) is 0 Å². The van der Waals surface area contributed by atoms with Gasteiger partial charge in [0.1, 0.15) is 5.54 Å². The number of benzene rings is 2. The van der Waals surface area contributed by atoms with Gasteiger partial charge in [0.15, 0.2) is 0 Å². The van der Waals surface area contributed by atoms with Gasteiger partial charge in [0.2, 0.25) is 11.8 Å². The van der Waals surface area contributed by atoms with Gasteiger partial charge < -0.3 is 19.8 Å². The van der Waals surface area contributed by atoms with Crippen LogP contribution in [0.3, 0.4) is 0 Å². The van der Waals surface area contributed by atoms with Crippen LogP contribution in [0.1, 0.15) is 25.3 Å². The molecule has 0 unspecified atom stereocenters. The molecule has 30 heavy (non-hydrogen) atoms. The highest BCUT2D eigenvalue weighted by Gasteiger charge is 2.31. The summed E-state index contributed by atoms with van der Waals surface area (Å²) in [5.74, 6) is 0.340. The second-order valence-electron chi connectivity index (χ2n) is 6.90. The summed E-state index contributed by atoms with van der Waals surface area (Å²) in [7, 11) is 1.24. The minimum absolute atomic E-state index is 0.159. The number of carbonyl (C=O) groups excluding carboxylic acids is 1. The van der Waals surface area contributed by atoms with Crippen LogP contribution in [-0.4, -0.2) is 23.4 Å². The largest absolute Gasteiger partial charge is 0.453 e. The smallest absolute Gasteiger partial charge is 0.416 e. The third kappa shape index (κ3) is 4.70. The first-order chi connectivity index (χ1) is 14.1. The molecule has 1 heterocycles. The predicted octanol–water partition coefficient (Wildman–Crippen LogP) is 5.09. The third-order valence-electron chi connectivity index (χ3n) is 4.21. The average Bonchev–Trinajstić information content (AvgIpc) is 3.19. The lowest BCUT2D eigenvalue weighted by Gasteiger charge is -2.20. The van der Waals surface area contributed by atoms with Crippen molar-refractivity contribution in [2.24, 2.45) is 0 Å². The summed E-state index contributed by atoms with van der Waals surface area (Å²) in [6.45, 7) is 3.35. The van der Waals surface area contributed by atoms with Gasteiger partial charge >= 0.3 is 12.3 Å². The number of alkyl halides is 3. The van der Waals surface area contributed by atoms with E-state index < -0.39 is 23.4 Å². The minimum atomic E-state index is -4.40. The number of hydrogen-bond donors (Lipinski definition) is 2. The normalized spacial score (nSPS) is 11.8. The zero-order valence-corrected chi connectivity index (χ0v) is 16.4. The summed E-state index contributed by atoms with van der Waals surface area (Å²) < 4.78 is 48.6. The third-order valence-corrected chi connectivity index (χ3v) is 4.21. The summed E-state index contributed by atoms with van der Waals surface area (Å²) >= 11 is 0. The molecule has 0 saturated heterocycles. The van der Waals surface area contributed by atoms with Crippen LogP contribution in [0.15, 0.2) is 52.9 Å². The van der Waals surface area contributed by atoms with E-state index in [0.29, 0.717) is 16.9 Å². The van der Waals surface area contributed by atoms with Gasteiger partial charge in [-0.05, 0) is 50.2 Å². The first-order valence-electron chi connectivity index (χ1n) is 8.84. The Morgan fingerprint density at radius 1 is 1.03 bits per heavy atom. The maximum absolute atomic E-state index is 12.8. The van der Waals surface area contributed by atoms with Crippen molar-refractivity contribution in [1.82, 2.24) is 15.5 Å². The molecule has 158 valence electrons. The van der Waals surface area contributed by atoms with Crippen molar-refractivity contribution in [3.8, 4) is 11.5 Å². The van der Waals surface area contributed by atoms with Gasteiger partial charge in [0.05, 0.1) is 23.9 Å². The lowest BCUT2D eigenvalue weighted by molar-refractivity contribution is -0.137. The fourth-order valence-corrected chi connectivity index (χ4v) is 2.62. The number of aromatic nitrogens is 2. The zero-order valence-electron chi connectivity index (χ0n) is 16.4. The number of para-hydroxylation sites is 1. The first-order valence-corrected chi connectivity index (χ1v) is 8.84. The van der Waals surface area contributed by atoms with Crippen molar-refractivity contribution in [3.63, 3.8) is 0 Å². The molecule has 2 aromatic carbocycles. The van der Waals surface area contributed by atoms with Crippen LogP contribution in [0.25, 0.3) is 11.5 Å². The fraction of sp³-hybridized carbons (Fsp3) is 0.250. The number of ether oxygens (including phenoxy) is 1. The van der Waals surface area contributed by atoms with Crippen molar-refractivity contribution in [3.05, 3.63) is 60.0 Å². The Balaban J connectivity index is 1.86. The Bertz CT molecular complexity index is 1030. The van der Waals surface area contributed by atoms with Gasteiger partial charge in [0, 0.05) is 5.69 Å². The topological polar surface area (TPSA) is 89.3 Å². The van der Waals surface area contributed by atoms with E-state index in [1.807, 2.05) is 0 Å². The minimum Gasteiger partial charge on any atom is -0.453 e. The molecule has 0 saturated carbocycles. The molecule has 1 amide bonds. The van der Waals surface area contributed by atoms with E-state index in [9.17, 15) is 18.0 Å². The van der Waals surface area contributed by atoms with Gasteiger partial charge in [-0.3, -0.25) is 0 Å². The lowest BCUT2D eigenvalue weighted by Crippen LogP contribution is -2.41. The van der Waals surface area contributed by atoms with Gasteiger partial charge in [-0.15, -0.1) is 10.2 Å². The Morgan fingerprint density at radius 2 is 1.70 bits per heavy atom. The molecule has 2 N–H and O–H groups in total. The van der Waals surface area contributed by atoms with E-state index in [1.54, 1.807) is 38.1 Å². The highest BCUT2D eigenvalue weighted by Crippen LogP contribution is 2.33. The summed E-state index contributed by atoms with van der Waals surface area (Å²) in [5.41, 5.74) is -0.143. The molecule has 3 rings (SSSR count). The van der Waals surface area contributed by atoms with Crippen molar-refractivity contribution in [2.45, 2.75) is 25.6 Å². The first kappa shape index (κ1) is 21.2. The second kappa shape index (κ2) is 8.05. The van der Waals surface area contributed by atoms with Gasteiger partial charge in [-0.25, -0.2) is 4.79 Å². The molecule has 0 atom stereocenters. The van der Waals surface area contributed by atoms with Crippen LogP contribution >= 0.6 is 0 Å². The van der Waals surface area contributed by atoms with Gasteiger partial charge in [0.25, 0.3) is 0 Å². The number of hydrogen-bond acceptors (Lipinski definition) is 6. The van der Waals surface area contributed by atoms with Crippen LogP contribution in [0.2, 0.25) is 0 Å². The summed E-state index contributed by atoms with van der Waals surface area (Å²) in [6.07, 6.45) is -5.05. The van der Waals surface area contributed by atoms with Gasteiger partial charge in [-0.2, -0.15) is 13.2 Å². The molecule has 0 aliphatic heterocycles. The molecule has 3 aromatic rings. The van der Waals surface area contributed by atoms with E-state index >= 15 is 0 Å². The van der Waals surface area contributed by atoms with Crippen LogP contribution in [0, 0.1) is 0 Å². The second-order valence-corrected chi connectivity index (χ2v) is 6.90. The number of carbonyl (C=O) groups is 1. The zero-order chi connectivity index (χ0) is 21.9. The van der Waals surface area contributed by atoms with Crippen molar-refractivity contribution < 1.29 is 27.1 Å². The molecule has 0 fully saturated rings. The highest BCUT2D eigenvalue weighted by atomic mass is 19.4. The number of rotatable bonds is 5.